The minimum Gasteiger partial charge on any atom is -0.508 e. The minimum absolute atomic E-state index is 0.0283. The Balaban J connectivity index is 1.22. The number of fused-ring (bicyclic) bond motifs is 3. The van der Waals surface area contributed by atoms with Crippen LogP contribution < -0.4 is 4.74 Å². The highest BCUT2D eigenvalue weighted by atomic mass is 19.1. The van der Waals surface area contributed by atoms with Gasteiger partial charge >= 0.3 is 6.01 Å². The monoisotopic (exact) mass is 556 g/mol. The molecule has 0 bridgehead atoms. The van der Waals surface area contributed by atoms with Crippen LogP contribution in [0.3, 0.4) is 0 Å². The first-order valence-corrected chi connectivity index (χ1v) is 14.1. The largest absolute Gasteiger partial charge is 0.508 e. The van der Waals surface area contributed by atoms with Gasteiger partial charge in [-0.3, -0.25) is 4.90 Å². The lowest BCUT2D eigenvalue weighted by molar-refractivity contribution is 0.0305. The molecule has 2 aromatic heterocycles. The zero-order valence-electron chi connectivity index (χ0n) is 22.8. The van der Waals surface area contributed by atoms with Crippen molar-refractivity contribution in [1.82, 2.24) is 19.9 Å². The van der Waals surface area contributed by atoms with Gasteiger partial charge in [-0.2, -0.15) is 9.97 Å². The van der Waals surface area contributed by atoms with Crippen molar-refractivity contribution in [3.05, 3.63) is 53.2 Å². The third kappa shape index (κ3) is 4.55. The Kier molecular flexibility index (Phi) is 6.29. The Morgan fingerprint density at radius 2 is 1.95 bits per heavy atom. The summed E-state index contributed by atoms with van der Waals surface area (Å²) in [5.74, 6) is 0.959. The van der Waals surface area contributed by atoms with Crippen LogP contribution in [-0.4, -0.2) is 62.4 Å². The van der Waals surface area contributed by atoms with E-state index in [-0.39, 0.29) is 39.8 Å². The molecule has 2 aliphatic heterocycles. The molecule has 41 heavy (non-hydrogen) atoms. The Bertz CT molecular complexity index is 1730. The van der Waals surface area contributed by atoms with Crippen molar-refractivity contribution >= 4 is 21.8 Å². The fraction of sp³-hybridized carbons (Fsp3) is 0.406. The van der Waals surface area contributed by atoms with Crippen LogP contribution in [0.4, 0.5) is 8.78 Å². The Labute approximate surface area is 236 Å². The van der Waals surface area contributed by atoms with Crippen LogP contribution in [0.1, 0.15) is 49.8 Å². The Morgan fingerprint density at radius 1 is 1.10 bits per heavy atom. The first kappa shape index (κ1) is 26.1. The van der Waals surface area contributed by atoms with Crippen molar-refractivity contribution in [3.8, 4) is 35.4 Å². The standard InChI is InChI=1S/C32H30F2N4O3/c1-3-23-26(33)8-5-19-13-21(39)14-25(28(19)23)29-27(34)15-24-18(2)35-31(37-30(24)36-29)41-17-32-10-4-12-38(32)20(9-11-32)16-40-22-6-7-22/h1,5,8,13-15,20,22,39H,4,6-7,9-12,16-17H2,2H3. The van der Waals surface area contributed by atoms with Gasteiger partial charge in [0.2, 0.25) is 0 Å². The fourth-order valence-corrected chi connectivity index (χ4v) is 6.63. The van der Waals surface area contributed by atoms with Crippen LogP contribution in [0.25, 0.3) is 33.1 Å². The molecule has 0 amide bonds. The predicted molar refractivity (Wildman–Crippen MR) is 151 cm³/mol. The molecule has 0 radical (unpaired) electrons. The maximum atomic E-state index is 15.5. The van der Waals surface area contributed by atoms with Gasteiger partial charge in [-0.05, 0) is 81.6 Å². The number of rotatable bonds is 7. The maximum Gasteiger partial charge on any atom is 0.318 e. The van der Waals surface area contributed by atoms with Crippen LogP contribution >= 0.6 is 0 Å². The number of aromatic hydroxyl groups is 1. The summed E-state index contributed by atoms with van der Waals surface area (Å²) < 4.78 is 42.4. The first-order valence-electron chi connectivity index (χ1n) is 14.1. The molecule has 7 rings (SSSR count). The maximum absolute atomic E-state index is 15.5. The van der Waals surface area contributed by atoms with E-state index < -0.39 is 11.6 Å². The summed E-state index contributed by atoms with van der Waals surface area (Å²) in [6.07, 6.45) is 12.7. The molecule has 0 spiro atoms. The molecule has 2 aromatic carbocycles. The van der Waals surface area contributed by atoms with E-state index in [9.17, 15) is 9.50 Å². The molecule has 1 saturated carbocycles. The van der Waals surface area contributed by atoms with Gasteiger partial charge in [0.15, 0.2) is 5.65 Å². The number of benzene rings is 2. The Morgan fingerprint density at radius 3 is 2.76 bits per heavy atom. The van der Waals surface area contributed by atoms with E-state index in [0.29, 0.717) is 40.6 Å². The second kappa shape index (κ2) is 9.89. The molecule has 3 aliphatic rings. The van der Waals surface area contributed by atoms with E-state index >= 15 is 4.39 Å². The predicted octanol–water partition coefficient (Wildman–Crippen LogP) is 5.67. The lowest BCUT2D eigenvalue weighted by Crippen LogP contribution is -2.48. The number of hydrogen-bond acceptors (Lipinski definition) is 7. The topological polar surface area (TPSA) is 80.6 Å². The average Bonchev–Trinajstić information content (AvgIpc) is 3.59. The summed E-state index contributed by atoms with van der Waals surface area (Å²) in [4.78, 5) is 16.1. The summed E-state index contributed by atoms with van der Waals surface area (Å²) in [6.45, 7) is 4.01. The van der Waals surface area contributed by atoms with Crippen LogP contribution in [0, 0.1) is 30.9 Å². The number of halogens is 2. The second-order valence-electron chi connectivity index (χ2n) is 11.5. The molecule has 1 aliphatic carbocycles. The van der Waals surface area contributed by atoms with Gasteiger partial charge in [0, 0.05) is 22.4 Å². The number of aryl methyl sites for hydroxylation is 1. The number of aromatic nitrogens is 3. The summed E-state index contributed by atoms with van der Waals surface area (Å²) >= 11 is 0. The molecule has 2 unspecified atom stereocenters. The normalized spacial score (nSPS) is 22.3. The van der Waals surface area contributed by atoms with Gasteiger partial charge in [-0.15, -0.1) is 6.42 Å². The molecule has 2 saturated heterocycles. The zero-order valence-corrected chi connectivity index (χ0v) is 22.8. The number of ether oxygens (including phenoxy) is 2. The highest BCUT2D eigenvalue weighted by Crippen LogP contribution is 2.43. The average molecular weight is 557 g/mol. The minimum atomic E-state index is -0.664. The van der Waals surface area contributed by atoms with Crippen molar-refractivity contribution in [2.24, 2.45) is 0 Å². The summed E-state index contributed by atoms with van der Waals surface area (Å²) in [5, 5.41) is 11.6. The summed E-state index contributed by atoms with van der Waals surface area (Å²) in [7, 11) is 0. The van der Waals surface area contributed by atoms with E-state index in [0.717, 1.165) is 38.8 Å². The van der Waals surface area contributed by atoms with Crippen LogP contribution in [-0.2, 0) is 4.74 Å². The van der Waals surface area contributed by atoms with E-state index in [2.05, 4.69) is 25.8 Å². The molecule has 1 N–H and O–H groups in total. The first-order chi connectivity index (χ1) is 19.8. The quantitative estimate of drug-likeness (QED) is 0.294. The number of terminal acetylenes is 1. The lowest BCUT2D eigenvalue weighted by Gasteiger charge is -2.34. The van der Waals surface area contributed by atoms with Crippen molar-refractivity contribution < 1.29 is 23.4 Å². The number of nitrogens with zero attached hydrogens (tertiary/aromatic N) is 4. The van der Waals surface area contributed by atoms with Gasteiger partial charge in [0.1, 0.15) is 29.7 Å². The van der Waals surface area contributed by atoms with Crippen LogP contribution in [0.5, 0.6) is 11.8 Å². The molecule has 2 atom stereocenters. The lowest BCUT2D eigenvalue weighted by atomic mass is 9.95. The van der Waals surface area contributed by atoms with Gasteiger partial charge in [-0.1, -0.05) is 12.0 Å². The van der Waals surface area contributed by atoms with E-state index in [1.54, 1.807) is 6.92 Å². The number of phenols is 1. The smallest absolute Gasteiger partial charge is 0.318 e. The van der Waals surface area contributed by atoms with Gasteiger partial charge in [0.25, 0.3) is 0 Å². The third-order valence-electron chi connectivity index (χ3n) is 8.81. The molecule has 7 nitrogen and oxygen atoms in total. The van der Waals surface area contributed by atoms with Gasteiger partial charge in [-0.25, -0.2) is 13.8 Å². The molecule has 9 heteroatoms. The SMILES string of the molecule is C#Cc1c(F)ccc2cc(O)cc(-c3nc4nc(OCC56CCCN5C(COC5CC5)CC6)nc(C)c4cc3F)c12. The highest BCUT2D eigenvalue weighted by Gasteiger charge is 2.50. The van der Waals surface area contributed by atoms with Gasteiger partial charge < -0.3 is 14.6 Å². The van der Waals surface area contributed by atoms with Crippen LogP contribution in [0.15, 0.2) is 30.3 Å². The second-order valence-corrected chi connectivity index (χ2v) is 11.5. The number of hydrogen-bond donors (Lipinski definition) is 1. The van der Waals surface area contributed by atoms with E-state index in [4.69, 9.17) is 15.9 Å². The molecular formula is C32H30F2N4O3. The highest BCUT2D eigenvalue weighted by molar-refractivity contribution is 6.01. The summed E-state index contributed by atoms with van der Waals surface area (Å²) in [5.41, 5.74) is 0.751. The number of pyridine rings is 1. The fourth-order valence-electron chi connectivity index (χ4n) is 6.63. The summed E-state index contributed by atoms with van der Waals surface area (Å²) in [6, 6.07) is 7.39. The molecule has 3 fully saturated rings. The van der Waals surface area contributed by atoms with Crippen molar-refractivity contribution in [3.63, 3.8) is 0 Å². The third-order valence-corrected chi connectivity index (χ3v) is 8.81. The van der Waals surface area contributed by atoms with Crippen molar-refractivity contribution in [2.75, 3.05) is 19.8 Å². The Hall–Kier alpha value is -3.87. The molecular weight excluding hydrogens is 526 g/mol. The van der Waals surface area contributed by atoms with Gasteiger partial charge in [0.05, 0.1) is 29.5 Å². The molecule has 210 valence electrons. The van der Waals surface area contributed by atoms with Crippen molar-refractivity contribution in [1.29, 1.82) is 0 Å². The molecule has 4 aromatic rings. The number of phenolic OH excluding ortho intramolecular Hbond substituents is 1. The van der Waals surface area contributed by atoms with E-state index in [1.165, 1.54) is 43.2 Å². The zero-order chi connectivity index (χ0) is 28.3. The molecule has 4 heterocycles. The van der Waals surface area contributed by atoms with Crippen LogP contribution in [0.2, 0.25) is 0 Å². The van der Waals surface area contributed by atoms with Crippen molar-refractivity contribution in [2.45, 2.75) is 63.1 Å². The van der Waals surface area contributed by atoms with E-state index in [1.807, 2.05) is 0 Å².